The van der Waals surface area contributed by atoms with Crippen LogP contribution >= 0.6 is 11.6 Å². The molecule has 0 heterocycles. The number of aryl methyl sites for hydroxylation is 2. The van der Waals surface area contributed by atoms with Gasteiger partial charge in [0, 0.05) is 24.3 Å². The van der Waals surface area contributed by atoms with Gasteiger partial charge in [-0.2, -0.15) is 0 Å². The maximum atomic E-state index is 13.0. The molecule has 2 aromatic carbocycles. The van der Waals surface area contributed by atoms with Crippen LogP contribution in [-0.4, -0.2) is 12.5 Å². The van der Waals surface area contributed by atoms with Crippen molar-refractivity contribution in [3.8, 4) is 0 Å². The molecule has 0 fully saturated rings. The van der Waals surface area contributed by atoms with Crippen LogP contribution in [0, 0.1) is 19.7 Å². The number of halogens is 2. The molecule has 0 aromatic heterocycles. The van der Waals surface area contributed by atoms with Gasteiger partial charge in [-0.15, -0.1) is 0 Å². The van der Waals surface area contributed by atoms with Crippen molar-refractivity contribution in [3.05, 3.63) is 58.4 Å². The monoisotopic (exact) mass is 320 g/mol. The third-order valence-corrected chi connectivity index (χ3v) is 3.55. The Labute approximate surface area is 134 Å². The van der Waals surface area contributed by atoms with Crippen LogP contribution in [0.25, 0.3) is 0 Å². The van der Waals surface area contributed by atoms with Crippen LogP contribution in [0.15, 0.2) is 36.4 Å². The summed E-state index contributed by atoms with van der Waals surface area (Å²) < 4.78 is 13.0. The Kier molecular flexibility index (Phi) is 5.39. The van der Waals surface area contributed by atoms with Crippen molar-refractivity contribution in [2.24, 2.45) is 0 Å². The number of nitrogens with one attached hydrogen (secondary N) is 2. The fourth-order valence-electron chi connectivity index (χ4n) is 2.09. The van der Waals surface area contributed by atoms with Crippen LogP contribution < -0.4 is 10.6 Å². The summed E-state index contributed by atoms with van der Waals surface area (Å²) in [7, 11) is 0. The summed E-state index contributed by atoms with van der Waals surface area (Å²) in [6.45, 7) is 4.41. The first-order valence-corrected chi connectivity index (χ1v) is 7.39. The van der Waals surface area contributed by atoms with Gasteiger partial charge < -0.3 is 10.6 Å². The highest BCUT2D eigenvalue weighted by molar-refractivity contribution is 6.31. The lowest BCUT2D eigenvalue weighted by atomic mass is 10.1. The molecule has 0 saturated carbocycles. The molecule has 1 amide bonds. The van der Waals surface area contributed by atoms with Crippen LogP contribution in [0.2, 0.25) is 5.02 Å². The van der Waals surface area contributed by atoms with Crippen LogP contribution in [0.4, 0.5) is 15.8 Å². The van der Waals surface area contributed by atoms with E-state index < -0.39 is 5.82 Å². The molecule has 0 saturated heterocycles. The molecular formula is C17H18ClFN2O. The van der Waals surface area contributed by atoms with E-state index in [4.69, 9.17) is 11.6 Å². The van der Waals surface area contributed by atoms with Crippen LogP contribution in [-0.2, 0) is 4.79 Å². The van der Waals surface area contributed by atoms with E-state index in [1.807, 2.05) is 32.0 Å². The largest absolute Gasteiger partial charge is 0.384 e. The SMILES string of the molecule is Cc1ccc(NC(=O)CCNc2ccc(F)c(Cl)c2)c(C)c1. The first-order valence-electron chi connectivity index (χ1n) is 7.02. The average Bonchev–Trinajstić information content (AvgIpc) is 2.46. The minimum atomic E-state index is -0.459. The predicted molar refractivity (Wildman–Crippen MR) is 89.1 cm³/mol. The molecule has 2 N–H and O–H groups in total. The molecule has 0 aliphatic heterocycles. The molecule has 116 valence electrons. The van der Waals surface area contributed by atoms with Gasteiger partial charge in [0.25, 0.3) is 0 Å². The van der Waals surface area contributed by atoms with Gasteiger partial charge in [-0.25, -0.2) is 4.39 Å². The normalized spacial score (nSPS) is 10.4. The lowest BCUT2D eigenvalue weighted by Crippen LogP contribution is -2.16. The summed E-state index contributed by atoms with van der Waals surface area (Å²) in [6.07, 6.45) is 0.308. The molecule has 0 spiro atoms. The number of anilines is 2. The maximum Gasteiger partial charge on any atom is 0.226 e. The van der Waals surface area contributed by atoms with Gasteiger partial charge in [0.2, 0.25) is 5.91 Å². The Hall–Kier alpha value is -2.07. The van der Waals surface area contributed by atoms with Gasteiger partial charge >= 0.3 is 0 Å². The zero-order valence-corrected chi connectivity index (χ0v) is 13.3. The smallest absolute Gasteiger partial charge is 0.226 e. The Bertz CT molecular complexity index is 688. The van der Waals surface area contributed by atoms with Crippen LogP contribution in [0.5, 0.6) is 0 Å². The van der Waals surface area contributed by atoms with Gasteiger partial charge in [0.15, 0.2) is 0 Å². The molecule has 22 heavy (non-hydrogen) atoms. The van der Waals surface area contributed by atoms with Crippen molar-refractivity contribution in [2.75, 3.05) is 17.2 Å². The third-order valence-electron chi connectivity index (χ3n) is 3.26. The molecule has 2 aromatic rings. The Balaban J connectivity index is 1.83. The second-order valence-corrected chi connectivity index (χ2v) is 5.58. The van der Waals surface area contributed by atoms with Crippen molar-refractivity contribution < 1.29 is 9.18 Å². The molecule has 0 atom stereocenters. The van der Waals surface area contributed by atoms with E-state index >= 15 is 0 Å². The zero-order chi connectivity index (χ0) is 16.1. The lowest BCUT2D eigenvalue weighted by Gasteiger charge is -2.10. The summed E-state index contributed by atoms with van der Waals surface area (Å²) in [6, 6.07) is 10.3. The van der Waals surface area contributed by atoms with Crippen molar-refractivity contribution in [2.45, 2.75) is 20.3 Å². The zero-order valence-electron chi connectivity index (χ0n) is 12.5. The Morgan fingerprint density at radius 2 is 1.95 bits per heavy atom. The predicted octanol–water partition coefficient (Wildman–Crippen LogP) is 4.54. The summed E-state index contributed by atoms with van der Waals surface area (Å²) in [5.74, 6) is -0.535. The number of benzene rings is 2. The van der Waals surface area contributed by atoms with E-state index in [1.54, 1.807) is 6.07 Å². The average molecular weight is 321 g/mol. The first-order chi connectivity index (χ1) is 10.5. The second kappa shape index (κ2) is 7.27. The molecule has 2 rings (SSSR count). The van der Waals surface area contributed by atoms with E-state index in [0.29, 0.717) is 18.7 Å². The second-order valence-electron chi connectivity index (χ2n) is 5.17. The molecule has 5 heteroatoms. The van der Waals surface area contributed by atoms with Crippen molar-refractivity contribution in [1.82, 2.24) is 0 Å². The number of carbonyl (C=O) groups excluding carboxylic acids is 1. The highest BCUT2D eigenvalue weighted by Crippen LogP contribution is 2.19. The molecule has 0 bridgehead atoms. The van der Waals surface area contributed by atoms with Gasteiger partial charge in [-0.3, -0.25) is 4.79 Å². The molecule has 0 aliphatic carbocycles. The quantitative estimate of drug-likeness (QED) is 0.849. The fourth-order valence-corrected chi connectivity index (χ4v) is 2.27. The van der Waals surface area contributed by atoms with E-state index in [9.17, 15) is 9.18 Å². The lowest BCUT2D eigenvalue weighted by molar-refractivity contribution is -0.115. The minimum Gasteiger partial charge on any atom is -0.384 e. The summed E-state index contributed by atoms with van der Waals surface area (Å²) in [4.78, 5) is 11.9. The molecule has 0 radical (unpaired) electrons. The fraction of sp³-hybridized carbons (Fsp3) is 0.235. The van der Waals surface area contributed by atoms with Crippen molar-refractivity contribution >= 4 is 28.9 Å². The van der Waals surface area contributed by atoms with Gasteiger partial charge in [0.1, 0.15) is 5.82 Å². The number of hydrogen-bond acceptors (Lipinski definition) is 2. The summed E-state index contributed by atoms with van der Waals surface area (Å²) in [5, 5.41) is 5.98. The van der Waals surface area contributed by atoms with E-state index in [1.165, 1.54) is 12.1 Å². The standard InChI is InChI=1S/C17H18ClFN2O/c1-11-3-6-16(12(2)9-11)21-17(22)7-8-20-13-4-5-15(19)14(18)10-13/h3-6,9-10,20H,7-8H2,1-2H3,(H,21,22). The number of carbonyl (C=O) groups is 1. The molecular weight excluding hydrogens is 303 g/mol. The Morgan fingerprint density at radius 1 is 1.18 bits per heavy atom. The molecule has 0 unspecified atom stereocenters. The first kappa shape index (κ1) is 16.3. The van der Waals surface area contributed by atoms with Gasteiger partial charge in [-0.1, -0.05) is 29.3 Å². The molecule has 0 aliphatic rings. The number of hydrogen-bond donors (Lipinski definition) is 2. The topological polar surface area (TPSA) is 41.1 Å². The summed E-state index contributed by atoms with van der Waals surface area (Å²) in [5.41, 5.74) is 3.70. The van der Waals surface area contributed by atoms with E-state index in [0.717, 1.165) is 16.8 Å². The molecule has 3 nitrogen and oxygen atoms in total. The van der Waals surface area contributed by atoms with Gasteiger partial charge in [0.05, 0.1) is 5.02 Å². The van der Waals surface area contributed by atoms with E-state index in [-0.39, 0.29) is 10.9 Å². The van der Waals surface area contributed by atoms with Crippen molar-refractivity contribution in [3.63, 3.8) is 0 Å². The number of rotatable bonds is 5. The highest BCUT2D eigenvalue weighted by Gasteiger charge is 2.05. The number of amides is 1. The maximum absolute atomic E-state index is 13.0. The van der Waals surface area contributed by atoms with E-state index in [2.05, 4.69) is 10.6 Å². The minimum absolute atomic E-state index is 0.0599. The van der Waals surface area contributed by atoms with Crippen molar-refractivity contribution in [1.29, 1.82) is 0 Å². The Morgan fingerprint density at radius 3 is 2.64 bits per heavy atom. The van der Waals surface area contributed by atoms with Crippen LogP contribution in [0.1, 0.15) is 17.5 Å². The van der Waals surface area contributed by atoms with Gasteiger partial charge in [-0.05, 0) is 43.7 Å². The van der Waals surface area contributed by atoms with Crippen LogP contribution in [0.3, 0.4) is 0 Å². The summed E-state index contributed by atoms with van der Waals surface area (Å²) >= 11 is 5.70. The highest BCUT2D eigenvalue weighted by atomic mass is 35.5. The third kappa shape index (κ3) is 4.46.